The van der Waals surface area contributed by atoms with Crippen LogP contribution in [0.2, 0.25) is 10.0 Å². The van der Waals surface area contributed by atoms with Crippen LogP contribution < -0.4 is 10.2 Å². The van der Waals surface area contributed by atoms with Gasteiger partial charge < -0.3 is 10.4 Å². The molecule has 0 unspecified atom stereocenters. The number of benzene rings is 2. The summed E-state index contributed by atoms with van der Waals surface area (Å²) in [5.41, 5.74) is 1.01. The molecule has 0 saturated carbocycles. The molecule has 2 aromatic rings. The van der Waals surface area contributed by atoms with E-state index in [2.05, 4.69) is 21.2 Å². The van der Waals surface area contributed by atoms with Crippen molar-refractivity contribution in [3.05, 3.63) is 62.2 Å². The minimum atomic E-state index is -0.572. The SMILES string of the molecule is O=C1N/C(=C/c2cc(Cl)c(O)c(Br)c2)C(=O)N1c1cccc(Cl)c1. The Balaban J connectivity index is 1.97. The van der Waals surface area contributed by atoms with Crippen molar-refractivity contribution in [3.63, 3.8) is 0 Å². The second-order valence-corrected chi connectivity index (χ2v) is 6.64. The molecule has 5 nitrogen and oxygen atoms in total. The molecule has 0 aromatic heterocycles. The molecular weight excluding hydrogens is 419 g/mol. The van der Waals surface area contributed by atoms with Crippen molar-refractivity contribution in [2.24, 2.45) is 0 Å². The lowest BCUT2D eigenvalue weighted by atomic mass is 10.2. The van der Waals surface area contributed by atoms with Gasteiger partial charge >= 0.3 is 6.03 Å². The number of carbonyl (C=O) groups is 2. The van der Waals surface area contributed by atoms with Crippen molar-refractivity contribution in [3.8, 4) is 5.75 Å². The zero-order chi connectivity index (χ0) is 17.4. The molecule has 122 valence electrons. The van der Waals surface area contributed by atoms with E-state index in [1.807, 2.05) is 0 Å². The van der Waals surface area contributed by atoms with E-state index in [0.717, 1.165) is 4.90 Å². The number of phenolic OH excluding ortho intramolecular Hbond substituents is 1. The number of hydrogen-bond donors (Lipinski definition) is 2. The number of amides is 3. The van der Waals surface area contributed by atoms with Gasteiger partial charge in [0.25, 0.3) is 5.91 Å². The fourth-order valence-corrected chi connectivity index (χ4v) is 3.22. The van der Waals surface area contributed by atoms with Gasteiger partial charge in [0.05, 0.1) is 15.2 Å². The average molecular weight is 428 g/mol. The summed E-state index contributed by atoms with van der Waals surface area (Å²) < 4.78 is 0.380. The zero-order valence-electron chi connectivity index (χ0n) is 11.9. The summed E-state index contributed by atoms with van der Waals surface area (Å²) in [6, 6.07) is 8.92. The maximum Gasteiger partial charge on any atom is 0.333 e. The Morgan fingerprint density at radius 1 is 1.17 bits per heavy atom. The molecule has 1 aliphatic heterocycles. The third kappa shape index (κ3) is 3.13. The third-order valence-electron chi connectivity index (χ3n) is 3.29. The number of nitrogens with zero attached hydrogens (tertiary/aromatic N) is 1. The standard InChI is InChI=1S/C16H9BrCl2N2O3/c17-11-4-8(5-12(19)14(11)22)6-13-15(23)21(16(24)20-13)10-3-1-2-9(18)7-10/h1-7,22H,(H,20,24)/b13-6+. The number of anilines is 1. The summed E-state index contributed by atoms with van der Waals surface area (Å²) in [5.74, 6) is -0.608. The molecule has 1 heterocycles. The highest BCUT2D eigenvalue weighted by Gasteiger charge is 2.34. The molecule has 3 rings (SSSR count). The van der Waals surface area contributed by atoms with E-state index in [0.29, 0.717) is 20.7 Å². The molecule has 0 atom stereocenters. The first-order chi connectivity index (χ1) is 11.4. The molecule has 2 N–H and O–H groups in total. The smallest absolute Gasteiger partial charge is 0.333 e. The van der Waals surface area contributed by atoms with Gasteiger partial charge in [-0.1, -0.05) is 29.3 Å². The molecule has 0 spiro atoms. The topological polar surface area (TPSA) is 69.6 Å². The highest BCUT2D eigenvalue weighted by Crippen LogP contribution is 2.34. The number of nitrogens with one attached hydrogen (secondary N) is 1. The monoisotopic (exact) mass is 426 g/mol. The largest absolute Gasteiger partial charge is 0.505 e. The van der Waals surface area contributed by atoms with Gasteiger partial charge in [0.1, 0.15) is 11.4 Å². The Bertz CT molecular complexity index is 876. The van der Waals surface area contributed by atoms with Crippen LogP contribution in [0.4, 0.5) is 10.5 Å². The van der Waals surface area contributed by atoms with E-state index in [-0.39, 0.29) is 16.5 Å². The molecule has 2 aromatic carbocycles. The van der Waals surface area contributed by atoms with Crippen molar-refractivity contribution < 1.29 is 14.7 Å². The van der Waals surface area contributed by atoms with Gasteiger partial charge in [-0.15, -0.1) is 0 Å². The van der Waals surface area contributed by atoms with E-state index < -0.39 is 11.9 Å². The maximum atomic E-state index is 12.5. The first-order valence-corrected chi connectivity index (χ1v) is 8.22. The second kappa shape index (κ2) is 6.47. The van der Waals surface area contributed by atoms with Crippen LogP contribution in [0.5, 0.6) is 5.75 Å². The molecule has 24 heavy (non-hydrogen) atoms. The fraction of sp³-hybridized carbons (Fsp3) is 0. The first kappa shape index (κ1) is 16.8. The van der Waals surface area contributed by atoms with Crippen LogP contribution in [0.3, 0.4) is 0 Å². The summed E-state index contributed by atoms with van der Waals surface area (Å²) in [6.45, 7) is 0. The Kier molecular flexibility index (Phi) is 4.54. The number of imide groups is 1. The van der Waals surface area contributed by atoms with Gasteiger partial charge in [0.2, 0.25) is 0 Å². The quantitative estimate of drug-likeness (QED) is 0.545. The van der Waals surface area contributed by atoms with Gasteiger partial charge in [0, 0.05) is 5.02 Å². The number of hydrogen-bond acceptors (Lipinski definition) is 3. The van der Waals surface area contributed by atoms with Crippen LogP contribution >= 0.6 is 39.1 Å². The molecular formula is C16H9BrCl2N2O3. The molecule has 0 bridgehead atoms. The van der Waals surface area contributed by atoms with E-state index in [4.69, 9.17) is 23.2 Å². The number of halogens is 3. The predicted octanol–water partition coefficient (Wildman–Crippen LogP) is 4.56. The molecule has 0 aliphatic carbocycles. The molecule has 1 saturated heterocycles. The first-order valence-electron chi connectivity index (χ1n) is 6.67. The van der Waals surface area contributed by atoms with Crippen molar-refractivity contribution in [2.75, 3.05) is 4.90 Å². The van der Waals surface area contributed by atoms with E-state index in [9.17, 15) is 14.7 Å². The van der Waals surface area contributed by atoms with Crippen molar-refractivity contribution in [1.29, 1.82) is 0 Å². The second-order valence-electron chi connectivity index (χ2n) is 4.94. The Morgan fingerprint density at radius 2 is 1.92 bits per heavy atom. The zero-order valence-corrected chi connectivity index (χ0v) is 15.0. The van der Waals surface area contributed by atoms with Gasteiger partial charge in [-0.05, 0) is 57.9 Å². The Labute approximate surface area is 155 Å². The molecule has 3 amide bonds. The molecule has 8 heteroatoms. The lowest BCUT2D eigenvalue weighted by molar-refractivity contribution is -0.113. The van der Waals surface area contributed by atoms with E-state index in [1.54, 1.807) is 24.3 Å². The van der Waals surface area contributed by atoms with E-state index in [1.165, 1.54) is 18.2 Å². The van der Waals surface area contributed by atoms with Gasteiger partial charge in [-0.3, -0.25) is 4.79 Å². The summed E-state index contributed by atoms with van der Waals surface area (Å²) in [4.78, 5) is 25.6. The number of aromatic hydroxyl groups is 1. The number of phenols is 1. The average Bonchev–Trinajstić information content (AvgIpc) is 2.79. The number of urea groups is 1. The van der Waals surface area contributed by atoms with Gasteiger partial charge in [0.15, 0.2) is 0 Å². The van der Waals surface area contributed by atoms with Crippen LogP contribution in [0.25, 0.3) is 6.08 Å². The van der Waals surface area contributed by atoms with Crippen LogP contribution in [0.1, 0.15) is 5.56 Å². The van der Waals surface area contributed by atoms with Crippen molar-refractivity contribution in [1.82, 2.24) is 5.32 Å². The fourth-order valence-electron chi connectivity index (χ4n) is 2.22. The lowest BCUT2D eigenvalue weighted by Crippen LogP contribution is -2.30. The summed E-state index contributed by atoms with van der Waals surface area (Å²) >= 11 is 15.0. The van der Waals surface area contributed by atoms with Crippen LogP contribution in [0, 0.1) is 0 Å². The summed E-state index contributed by atoms with van der Waals surface area (Å²) in [6.07, 6.45) is 1.47. The third-order valence-corrected chi connectivity index (χ3v) is 4.42. The maximum absolute atomic E-state index is 12.5. The minimum absolute atomic E-state index is 0.0913. The number of rotatable bonds is 2. The Morgan fingerprint density at radius 3 is 2.58 bits per heavy atom. The predicted molar refractivity (Wildman–Crippen MR) is 96.3 cm³/mol. The van der Waals surface area contributed by atoms with E-state index >= 15 is 0 Å². The van der Waals surface area contributed by atoms with Crippen LogP contribution in [-0.2, 0) is 4.79 Å². The molecule has 1 fully saturated rings. The summed E-state index contributed by atoms with van der Waals surface area (Å²) in [5, 5.41) is 12.7. The summed E-state index contributed by atoms with van der Waals surface area (Å²) in [7, 11) is 0. The lowest BCUT2D eigenvalue weighted by Gasteiger charge is -2.11. The molecule has 0 radical (unpaired) electrons. The van der Waals surface area contributed by atoms with Crippen molar-refractivity contribution >= 4 is 62.8 Å². The number of carbonyl (C=O) groups excluding carboxylic acids is 2. The van der Waals surface area contributed by atoms with Crippen LogP contribution in [-0.4, -0.2) is 17.0 Å². The molecule has 1 aliphatic rings. The highest BCUT2D eigenvalue weighted by molar-refractivity contribution is 9.10. The van der Waals surface area contributed by atoms with Crippen molar-refractivity contribution in [2.45, 2.75) is 0 Å². The highest BCUT2D eigenvalue weighted by atomic mass is 79.9. The van der Waals surface area contributed by atoms with Crippen LogP contribution in [0.15, 0.2) is 46.6 Å². The minimum Gasteiger partial charge on any atom is -0.505 e. The Hall–Kier alpha value is -2.02. The van der Waals surface area contributed by atoms with Gasteiger partial charge in [-0.25, -0.2) is 9.69 Å². The van der Waals surface area contributed by atoms with Gasteiger partial charge in [-0.2, -0.15) is 0 Å². The normalized spacial score (nSPS) is 16.0.